The molecule has 0 radical (unpaired) electrons. The normalized spacial score (nSPS) is 21.7. The van der Waals surface area contributed by atoms with E-state index >= 15 is 0 Å². The molecule has 116 valence electrons. The van der Waals surface area contributed by atoms with Crippen LogP contribution < -0.4 is 15.0 Å². The number of amides is 1. The number of quaternary nitrogens is 1. The van der Waals surface area contributed by atoms with Gasteiger partial charge in [0.15, 0.2) is 16.4 Å². The quantitative estimate of drug-likeness (QED) is 0.756. The summed E-state index contributed by atoms with van der Waals surface area (Å²) in [5.41, 5.74) is 0.702. The first-order valence-corrected chi connectivity index (χ1v) is 8.68. The molecule has 7 heteroatoms. The molecule has 1 aliphatic heterocycles. The maximum Gasteiger partial charge on any atom is 0.279 e. The number of sulfone groups is 1. The highest BCUT2D eigenvalue weighted by Crippen LogP contribution is 2.14. The lowest BCUT2D eigenvalue weighted by atomic mass is 10.2. The van der Waals surface area contributed by atoms with Gasteiger partial charge >= 0.3 is 0 Å². The second-order valence-electron chi connectivity index (χ2n) is 5.40. The van der Waals surface area contributed by atoms with Crippen molar-refractivity contribution >= 4 is 21.4 Å². The van der Waals surface area contributed by atoms with Crippen molar-refractivity contribution < 1.29 is 22.8 Å². The summed E-state index contributed by atoms with van der Waals surface area (Å²) in [6, 6.07) is 7.10. The second-order valence-corrected chi connectivity index (χ2v) is 7.63. The van der Waals surface area contributed by atoms with E-state index in [9.17, 15) is 13.2 Å². The minimum Gasteiger partial charge on any atom is -0.497 e. The van der Waals surface area contributed by atoms with Gasteiger partial charge in [-0.3, -0.25) is 4.79 Å². The molecule has 6 nitrogen and oxygen atoms in total. The van der Waals surface area contributed by atoms with Crippen molar-refractivity contribution in [3.8, 4) is 5.75 Å². The molecule has 0 spiro atoms. The van der Waals surface area contributed by atoms with E-state index in [4.69, 9.17) is 4.74 Å². The Bertz CT molecular complexity index is 598. The minimum absolute atomic E-state index is 0.0108. The molecule has 1 saturated heterocycles. The van der Waals surface area contributed by atoms with E-state index in [1.54, 1.807) is 31.4 Å². The van der Waals surface area contributed by atoms with Gasteiger partial charge in [0.25, 0.3) is 5.91 Å². The zero-order valence-corrected chi connectivity index (χ0v) is 13.1. The van der Waals surface area contributed by atoms with Gasteiger partial charge in [0.1, 0.15) is 17.5 Å². The number of carbonyl (C=O) groups is 1. The average Bonchev–Trinajstić information content (AvgIpc) is 2.80. The Morgan fingerprint density at radius 3 is 2.57 bits per heavy atom. The third-order valence-corrected chi connectivity index (χ3v) is 5.51. The van der Waals surface area contributed by atoms with Crippen LogP contribution in [0.3, 0.4) is 0 Å². The van der Waals surface area contributed by atoms with Crippen LogP contribution in [-0.2, 0) is 14.6 Å². The van der Waals surface area contributed by atoms with Gasteiger partial charge in [0.2, 0.25) is 0 Å². The van der Waals surface area contributed by atoms with Crippen LogP contribution in [0.5, 0.6) is 5.75 Å². The Kier molecular flexibility index (Phi) is 4.84. The molecular weight excluding hydrogens is 292 g/mol. The molecule has 1 heterocycles. The van der Waals surface area contributed by atoms with E-state index in [-0.39, 0.29) is 30.0 Å². The first-order valence-electron chi connectivity index (χ1n) is 6.86. The Labute approximate surface area is 125 Å². The van der Waals surface area contributed by atoms with Gasteiger partial charge in [-0.15, -0.1) is 0 Å². The highest BCUT2D eigenvalue weighted by Gasteiger charge is 2.34. The van der Waals surface area contributed by atoms with E-state index < -0.39 is 9.84 Å². The van der Waals surface area contributed by atoms with Crippen molar-refractivity contribution in [1.29, 1.82) is 0 Å². The summed E-state index contributed by atoms with van der Waals surface area (Å²) < 4.78 is 28.0. The third-order valence-electron chi connectivity index (χ3n) is 3.74. The predicted octanol–water partition coefficient (Wildman–Crippen LogP) is -0.664. The first-order chi connectivity index (χ1) is 9.89. The smallest absolute Gasteiger partial charge is 0.279 e. The van der Waals surface area contributed by atoms with Crippen LogP contribution in [-0.4, -0.2) is 52.6 Å². The number of rotatable bonds is 5. The number of methoxy groups -OCH3 is 1. The molecule has 0 bridgehead atoms. The lowest BCUT2D eigenvalue weighted by Gasteiger charge is -2.19. The van der Waals surface area contributed by atoms with Crippen LogP contribution in [0.1, 0.15) is 6.42 Å². The van der Waals surface area contributed by atoms with E-state index in [2.05, 4.69) is 5.32 Å². The molecular formula is C14H21N2O4S+. The molecule has 2 atom stereocenters. The van der Waals surface area contributed by atoms with Gasteiger partial charge in [-0.05, 0) is 24.3 Å². The standard InChI is InChI=1S/C14H20N2O4S/c1-16(12-7-8-21(18,19)10-12)9-14(17)15-11-3-5-13(20-2)6-4-11/h3-6,12H,7-10H2,1-2H3,(H,15,17)/p+1/t12-/m1/s1. The van der Waals surface area contributed by atoms with Crippen molar-refractivity contribution in [3.05, 3.63) is 24.3 Å². The summed E-state index contributed by atoms with van der Waals surface area (Å²) in [6.45, 7) is 0.256. The van der Waals surface area contributed by atoms with Crippen LogP contribution in [0.15, 0.2) is 24.3 Å². The summed E-state index contributed by atoms with van der Waals surface area (Å²) in [5, 5.41) is 2.80. The van der Waals surface area contributed by atoms with Gasteiger partial charge in [-0.25, -0.2) is 8.42 Å². The highest BCUT2D eigenvalue weighted by atomic mass is 32.2. The molecule has 2 N–H and O–H groups in total. The number of nitrogens with one attached hydrogen (secondary N) is 2. The largest absolute Gasteiger partial charge is 0.497 e. The monoisotopic (exact) mass is 313 g/mol. The van der Waals surface area contributed by atoms with E-state index in [0.717, 1.165) is 10.6 Å². The molecule has 2 rings (SSSR count). The fraction of sp³-hybridized carbons (Fsp3) is 0.500. The fourth-order valence-electron chi connectivity index (χ4n) is 2.46. The first kappa shape index (κ1) is 15.8. The molecule has 0 saturated carbocycles. The Morgan fingerprint density at radius 2 is 2.05 bits per heavy atom. The lowest BCUT2D eigenvalue weighted by molar-refractivity contribution is -0.894. The van der Waals surface area contributed by atoms with Crippen molar-refractivity contribution in [2.75, 3.05) is 37.5 Å². The van der Waals surface area contributed by atoms with Crippen LogP contribution >= 0.6 is 0 Å². The molecule has 1 aliphatic rings. The minimum atomic E-state index is -2.91. The molecule has 1 aromatic rings. The average molecular weight is 313 g/mol. The number of hydrogen-bond donors (Lipinski definition) is 2. The van der Waals surface area contributed by atoms with Gasteiger partial charge in [-0.1, -0.05) is 0 Å². The van der Waals surface area contributed by atoms with Crippen molar-refractivity contribution in [3.63, 3.8) is 0 Å². The van der Waals surface area contributed by atoms with Crippen LogP contribution in [0.4, 0.5) is 5.69 Å². The maximum absolute atomic E-state index is 12.0. The molecule has 1 unspecified atom stereocenters. The van der Waals surface area contributed by atoms with E-state index in [0.29, 0.717) is 12.1 Å². The Hall–Kier alpha value is -1.60. The molecule has 21 heavy (non-hydrogen) atoms. The van der Waals surface area contributed by atoms with Crippen molar-refractivity contribution in [1.82, 2.24) is 0 Å². The Morgan fingerprint density at radius 1 is 1.38 bits per heavy atom. The molecule has 1 fully saturated rings. The zero-order valence-electron chi connectivity index (χ0n) is 12.3. The van der Waals surface area contributed by atoms with E-state index in [1.165, 1.54) is 0 Å². The number of ether oxygens (including phenoxy) is 1. The number of carbonyl (C=O) groups excluding carboxylic acids is 1. The van der Waals surface area contributed by atoms with Gasteiger partial charge in [0.05, 0.1) is 19.9 Å². The highest BCUT2D eigenvalue weighted by molar-refractivity contribution is 7.91. The topological polar surface area (TPSA) is 76.9 Å². The summed E-state index contributed by atoms with van der Waals surface area (Å²) >= 11 is 0. The summed E-state index contributed by atoms with van der Waals surface area (Å²) in [4.78, 5) is 12.9. The number of benzene rings is 1. The summed E-state index contributed by atoms with van der Waals surface area (Å²) in [5.74, 6) is 1.01. The SMILES string of the molecule is COc1ccc(NC(=O)C[NH+](C)[C@@H]2CCS(=O)(=O)C2)cc1. The number of hydrogen-bond acceptors (Lipinski definition) is 4. The van der Waals surface area contributed by atoms with Crippen LogP contribution in [0.2, 0.25) is 0 Å². The fourth-order valence-corrected chi connectivity index (χ4v) is 4.34. The maximum atomic E-state index is 12.0. The number of anilines is 1. The van der Waals surface area contributed by atoms with Gasteiger partial charge in [0, 0.05) is 12.1 Å². The van der Waals surface area contributed by atoms with Gasteiger partial charge in [-0.2, -0.15) is 0 Å². The van der Waals surface area contributed by atoms with Crippen molar-refractivity contribution in [2.45, 2.75) is 12.5 Å². The van der Waals surface area contributed by atoms with Crippen LogP contribution in [0, 0.1) is 0 Å². The summed E-state index contributed by atoms with van der Waals surface area (Å²) in [6.07, 6.45) is 0.629. The molecule has 1 aromatic carbocycles. The third kappa shape index (κ3) is 4.44. The van der Waals surface area contributed by atoms with Crippen molar-refractivity contribution in [2.24, 2.45) is 0 Å². The van der Waals surface area contributed by atoms with Crippen LogP contribution in [0.25, 0.3) is 0 Å². The molecule has 0 aliphatic carbocycles. The lowest BCUT2D eigenvalue weighted by Crippen LogP contribution is -3.14. The number of likely N-dealkylation sites (N-methyl/N-ethyl adjacent to an activating group) is 1. The summed E-state index contributed by atoms with van der Waals surface area (Å²) in [7, 11) is 0.536. The second kappa shape index (κ2) is 6.44. The molecule has 1 amide bonds. The predicted molar refractivity (Wildman–Crippen MR) is 80.4 cm³/mol. The van der Waals surface area contributed by atoms with Gasteiger partial charge < -0.3 is 15.0 Å². The Balaban J connectivity index is 1.86. The zero-order chi connectivity index (χ0) is 15.5. The van der Waals surface area contributed by atoms with E-state index in [1.807, 2.05) is 7.05 Å². The molecule has 0 aromatic heterocycles.